The molecule has 0 unspecified atom stereocenters. The fourth-order valence-electron chi connectivity index (χ4n) is 3.05. The van der Waals surface area contributed by atoms with Crippen LogP contribution in [0.5, 0.6) is 0 Å². The predicted octanol–water partition coefficient (Wildman–Crippen LogP) is 4.94. The number of aromatic nitrogens is 2. The molecule has 0 amide bonds. The van der Waals surface area contributed by atoms with Gasteiger partial charge < -0.3 is 0 Å². The molecule has 2 aromatic rings. The van der Waals surface area contributed by atoms with Gasteiger partial charge in [0.25, 0.3) is 5.56 Å². The second-order valence-corrected chi connectivity index (χ2v) is 7.53. The maximum atomic E-state index is 13.0. The molecule has 22 heavy (non-hydrogen) atoms. The molecular weight excluding hydrogens is 360 g/mol. The molecule has 1 saturated carbocycles. The van der Waals surface area contributed by atoms with Crippen LogP contribution in [0, 0.1) is 0 Å². The van der Waals surface area contributed by atoms with E-state index in [4.69, 9.17) is 4.98 Å². The second kappa shape index (κ2) is 7.01. The first-order valence-electron chi connectivity index (χ1n) is 7.66. The van der Waals surface area contributed by atoms with Crippen LogP contribution in [0.3, 0.4) is 0 Å². The molecule has 1 aromatic carbocycles. The first kappa shape index (κ1) is 15.8. The lowest BCUT2D eigenvalue weighted by Crippen LogP contribution is -2.29. The lowest BCUT2D eigenvalue weighted by Gasteiger charge is -2.26. The van der Waals surface area contributed by atoms with Crippen LogP contribution in [0.2, 0.25) is 0 Å². The highest BCUT2D eigenvalue weighted by atomic mass is 79.9. The van der Waals surface area contributed by atoms with Gasteiger partial charge in [-0.05, 0) is 31.0 Å². The van der Waals surface area contributed by atoms with Crippen molar-refractivity contribution in [1.29, 1.82) is 0 Å². The smallest absolute Gasteiger partial charge is 0.262 e. The lowest BCUT2D eigenvalue weighted by molar-refractivity contribution is 0.326. The Morgan fingerprint density at radius 1 is 1.36 bits per heavy atom. The zero-order chi connectivity index (χ0) is 15.5. The standard InChI is InChI=1S/C17H19BrN2OS/c1-2-10-22-17-19-15-9-8-12(18)11-14(15)16(21)20(17)13-6-4-3-5-7-13/h2,8-9,11,13H,1,3-7,10H2. The quantitative estimate of drug-likeness (QED) is 0.429. The van der Waals surface area contributed by atoms with Gasteiger partial charge in [0.15, 0.2) is 5.16 Å². The van der Waals surface area contributed by atoms with E-state index < -0.39 is 0 Å². The topological polar surface area (TPSA) is 34.9 Å². The van der Waals surface area contributed by atoms with Crippen molar-refractivity contribution in [3.63, 3.8) is 0 Å². The number of fused-ring (bicyclic) bond motifs is 1. The average Bonchev–Trinajstić information content (AvgIpc) is 2.54. The molecule has 0 N–H and O–H groups in total. The molecule has 0 spiro atoms. The monoisotopic (exact) mass is 378 g/mol. The molecule has 0 aliphatic heterocycles. The zero-order valence-electron chi connectivity index (χ0n) is 12.4. The van der Waals surface area contributed by atoms with Crippen LogP contribution in [0.15, 0.2) is 45.3 Å². The summed E-state index contributed by atoms with van der Waals surface area (Å²) < 4.78 is 2.85. The zero-order valence-corrected chi connectivity index (χ0v) is 14.8. The largest absolute Gasteiger partial charge is 0.284 e. The predicted molar refractivity (Wildman–Crippen MR) is 96.7 cm³/mol. The number of hydrogen-bond donors (Lipinski definition) is 0. The van der Waals surface area contributed by atoms with Crippen molar-refractivity contribution in [3.05, 3.63) is 45.7 Å². The fourth-order valence-corrected chi connectivity index (χ4v) is 4.21. The molecule has 0 saturated heterocycles. The van der Waals surface area contributed by atoms with Crippen molar-refractivity contribution in [3.8, 4) is 0 Å². The highest BCUT2D eigenvalue weighted by Crippen LogP contribution is 2.31. The summed E-state index contributed by atoms with van der Waals surface area (Å²) >= 11 is 5.05. The van der Waals surface area contributed by atoms with E-state index >= 15 is 0 Å². The highest BCUT2D eigenvalue weighted by molar-refractivity contribution is 9.10. The van der Waals surface area contributed by atoms with Gasteiger partial charge in [0.1, 0.15) is 0 Å². The third-order valence-electron chi connectivity index (χ3n) is 4.10. The van der Waals surface area contributed by atoms with E-state index in [1.165, 1.54) is 19.3 Å². The Morgan fingerprint density at radius 3 is 2.86 bits per heavy atom. The van der Waals surface area contributed by atoms with E-state index in [-0.39, 0.29) is 11.6 Å². The van der Waals surface area contributed by atoms with Gasteiger partial charge in [-0.25, -0.2) is 4.98 Å². The molecule has 1 fully saturated rings. The molecule has 5 heteroatoms. The van der Waals surface area contributed by atoms with E-state index in [0.29, 0.717) is 5.39 Å². The van der Waals surface area contributed by atoms with Gasteiger partial charge in [0, 0.05) is 16.3 Å². The van der Waals surface area contributed by atoms with Gasteiger partial charge in [-0.2, -0.15) is 0 Å². The number of hydrogen-bond acceptors (Lipinski definition) is 3. The summed E-state index contributed by atoms with van der Waals surface area (Å²) in [6.07, 6.45) is 7.66. The van der Waals surface area contributed by atoms with Crippen LogP contribution in [0.4, 0.5) is 0 Å². The molecule has 0 atom stereocenters. The third-order valence-corrected chi connectivity index (χ3v) is 5.54. The van der Waals surface area contributed by atoms with E-state index in [2.05, 4.69) is 22.5 Å². The molecule has 1 aliphatic carbocycles. The van der Waals surface area contributed by atoms with Gasteiger partial charge in [-0.1, -0.05) is 53.0 Å². The Bertz CT molecular complexity index is 750. The summed E-state index contributed by atoms with van der Waals surface area (Å²) in [5.41, 5.74) is 0.858. The van der Waals surface area contributed by atoms with Crippen LogP contribution in [0.1, 0.15) is 38.1 Å². The molecule has 1 aromatic heterocycles. The Hall–Kier alpha value is -1.07. The van der Waals surface area contributed by atoms with Crippen molar-refractivity contribution in [2.24, 2.45) is 0 Å². The normalized spacial score (nSPS) is 16.0. The molecule has 3 nitrogen and oxygen atoms in total. The Balaban J connectivity index is 2.17. The lowest BCUT2D eigenvalue weighted by atomic mass is 9.95. The van der Waals surface area contributed by atoms with Gasteiger partial charge in [-0.3, -0.25) is 9.36 Å². The van der Waals surface area contributed by atoms with E-state index in [9.17, 15) is 4.79 Å². The molecule has 0 bridgehead atoms. The SMILES string of the molecule is C=CCSc1nc2ccc(Br)cc2c(=O)n1C1CCCCC1. The molecule has 0 radical (unpaired) electrons. The highest BCUT2D eigenvalue weighted by Gasteiger charge is 2.21. The third kappa shape index (κ3) is 3.15. The summed E-state index contributed by atoms with van der Waals surface area (Å²) in [5.74, 6) is 0.765. The number of benzene rings is 1. The molecule has 1 heterocycles. The van der Waals surface area contributed by atoms with Crippen LogP contribution in [-0.4, -0.2) is 15.3 Å². The number of thioether (sulfide) groups is 1. The number of halogens is 1. The molecule has 116 valence electrons. The van der Waals surface area contributed by atoms with E-state index in [0.717, 1.165) is 33.7 Å². The summed E-state index contributed by atoms with van der Waals surface area (Å²) in [5, 5.41) is 1.52. The Kier molecular flexibility index (Phi) is 5.03. The Morgan fingerprint density at radius 2 is 2.14 bits per heavy atom. The second-order valence-electron chi connectivity index (χ2n) is 5.62. The maximum absolute atomic E-state index is 13.0. The van der Waals surface area contributed by atoms with Crippen LogP contribution in [-0.2, 0) is 0 Å². The van der Waals surface area contributed by atoms with Crippen molar-refractivity contribution < 1.29 is 0 Å². The molecule has 1 aliphatic rings. The summed E-state index contributed by atoms with van der Waals surface area (Å²) in [6, 6.07) is 6.00. The summed E-state index contributed by atoms with van der Waals surface area (Å²) in [6.45, 7) is 3.77. The average molecular weight is 379 g/mol. The van der Waals surface area contributed by atoms with Crippen molar-refractivity contribution >= 4 is 38.6 Å². The number of nitrogens with zero attached hydrogens (tertiary/aromatic N) is 2. The van der Waals surface area contributed by atoms with Crippen LogP contribution >= 0.6 is 27.7 Å². The molecular formula is C17H19BrN2OS. The van der Waals surface area contributed by atoms with E-state index in [1.54, 1.807) is 11.8 Å². The van der Waals surface area contributed by atoms with Gasteiger partial charge in [0.2, 0.25) is 0 Å². The van der Waals surface area contributed by atoms with E-state index in [1.807, 2.05) is 28.8 Å². The summed E-state index contributed by atoms with van der Waals surface area (Å²) in [7, 11) is 0. The van der Waals surface area contributed by atoms with Crippen molar-refractivity contribution in [1.82, 2.24) is 9.55 Å². The van der Waals surface area contributed by atoms with Gasteiger partial charge >= 0.3 is 0 Å². The Labute approximate surface area is 143 Å². The fraction of sp³-hybridized carbons (Fsp3) is 0.412. The minimum atomic E-state index is 0.0877. The first-order chi connectivity index (χ1) is 10.7. The number of rotatable bonds is 4. The van der Waals surface area contributed by atoms with Crippen molar-refractivity contribution in [2.75, 3.05) is 5.75 Å². The minimum absolute atomic E-state index is 0.0877. The summed E-state index contributed by atoms with van der Waals surface area (Å²) in [4.78, 5) is 17.8. The van der Waals surface area contributed by atoms with Crippen LogP contribution < -0.4 is 5.56 Å². The van der Waals surface area contributed by atoms with Gasteiger partial charge in [0.05, 0.1) is 10.9 Å². The van der Waals surface area contributed by atoms with Gasteiger partial charge in [-0.15, -0.1) is 6.58 Å². The van der Waals surface area contributed by atoms with Crippen molar-refractivity contribution in [2.45, 2.75) is 43.3 Å². The van der Waals surface area contributed by atoms with Crippen LogP contribution in [0.25, 0.3) is 10.9 Å². The maximum Gasteiger partial charge on any atom is 0.262 e. The minimum Gasteiger partial charge on any atom is -0.284 e. The first-order valence-corrected chi connectivity index (χ1v) is 9.44. The molecule has 3 rings (SSSR count).